The van der Waals surface area contributed by atoms with Crippen LogP contribution >= 0.6 is 0 Å². The maximum Gasteiger partial charge on any atom is 0.231 e. The summed E-state index contributed by atoms with van der Waals surface area (Å²) in [5.74, 6) is 0. The summed E-state index contributed by atoms with van der Waals surface area (Å²) in [5, 5.41) is 22.6. The number of rotatable bonds is 0. The summed E-state index contributed by atoms with van der Waals surface area (Å²) in [4.78, 5) is 8.35. The zero-order valence-corrected chi connectivity index (χ0v) is 5.28. The molecule has 58 valence electrons. The molecule has 5 heteroatoms. The summed E-state index contributed by atoms with van der Waals surface area (Å²) >= 11 is 0. The molecule has 1 saturated heterocycles. The van der Waals surface area contributed by atoms with Crippen LogP contribution in [0.3, 0.4) is 0 Å². The lowest BCUT2D eigenvalue weighted by atomic mass is 10.3. The minimum absolute atomic E-state index is 0.475. The van der Waals surface area contributed by atoms with Gasteiger partial charge in [0.05, 0.1) is 6.61 Å². The van der Waals surface area contributed by atoms with Crippen molar-refractivity contribution in [1.29, 1.82) is 5.41 Å². The molecular formula is C5H9NO4. The van der Waals surface area contributed by atoms with Gasteiger partial charge in [-0.15, -0.1) is 0 Å². The fourth-order valence-corrected chi connectivity index (χ4v) is 0.563. The van der Waals surface area contributed by atoms with Gasteiger partial charge in [0.15, 0.2) is 6.29 Å². The van der Waals surface area contributed by atoms with E-state index in [1.165, 1.54) is 0 Å². The molecule has 5 nitrogen and oxygen atoms in total. The van der Waals surface area contributed by atoms with E-state index in [0.29, 0.717) is 13.0 Å². The molecule has 0 aromatic carbocycles. The van der Waals surface area contributed by atoms with Gasteiger partial charge < -0.3 is 14.9 Å². The first-order valence-electron chi connectivity index (χ1n) is 2.74. The SMILES string of the molecule is N=C=O.OC1CCOC1O. The molecule has 1 heterocycles. The summed E-state index contributed by atoms with van der Waals surface area (Å²) in [6, 6.07) is 0. The van der Waals surface area contributed by atoms with Gasteiger partial charge in [-0.2, -0.15) is 0 Å². The van der Waals surface area contributed by atoms with Crippen molar-refractivity contribution in [2.24, 2.45) is 0 Å². The zero-order valence-electron chi connectivity index (χ0n) is 5.28. The highest BCUT2D eigenvalue weighted by Crippen LogP contribution is 2.08. The Morgan fingerprint density at radius 1 is 1.60 bits per heavy atom. The highest BCUT2D eigenvalue weighted by molar-refractivity contribution is 5.26. The molecule has 0 aliphatic carbocycles. The Morgan fingerprint density at radius 2 is 2.10 bits per heavy atom. The lowest BCUT2D eigenvalue weighted by Gasteiger charge is -2.02. The van der Waals surface area contributed by atoms with Crippen molar-refractivity contribution in [3.8, 4) is 0 Å². The Kier molecular flexibility index (Phi) is 4.70. The molecule has 1 fully saturated rings. The predicted molar refractivity (Wildman–Crippen MR) is 31.0 cm³/mol. The van der Waals surface area contributed by atoms with E-state index in [1.54, 1.807) is 0 Å². The third-order valence-electron chi connectivity index (χ3n) is 1.03. The number of hydrogen-bond donors (Lipinski definition) is 3. The average Bonchev–Trinajstić information content (AvgIpc) is 2.19. The number of aliphatic hydroxyl groups is 2. The van der Waals surface area contributed by atoms with E-state index in [2.05, 4.69) is 4.74 Å². The van der Waals surface area contributed by atoms with Crippen LogP contribution < -0.4 is 0 Å². The molecule has 1 rings (SSSR count). The summed E-state index contributed by atoms with van der Waals surface area (Å²) in [7, 11) is 0. The van der Waals surface area contributed by atoms with Crippen LogP contribution in [0, 0.1) is 5.41 Å². The maximum atomic E-state index is 8.62. The molecule has 2 unspecified atom stereocenters. The highest BCUT2D eigenvalue weighted by atomic mass is 16.6. The summed E-state index contributed by atoms with van der Waals surface area (Å²) in [6.07, 6.45) is -0.277. The molecular weight excluding hydrogens is 138 g/mol. The van der Waals surface area contributed by atoms with E-state index in [4.69, 9.17) is 20.4 Å². The molecule has 0 saturated carbocycles. The van der Waals surface area contributed by atoms with E-state index >= 15 is 0 Å². The van der Waals surface area contributed by atoms with Crippen LogP contribution in [-0.2, 0) is 9.53 Å². The van der Waals surface area contributed by atoms with Crippen LogP contribution in [0.15, 0.2) is 0 Å². The van der Waals surface area contributed by atoms with Gasteiger partial charge in [-0.25, -0.2) is 10.2 Å². The van der Waals surface area contributed by atoms with Crippen molar-refractivity contribution in [2.75, 3.05) is 6.61 Å². The summed E-state index contributed by atoms with van der Waals surface area (Å²) in [5.41, 5.74) is 0. The number of carbonyl (C=O) groups excluding carboxylic acids is 1. The summed E-state index contributed by atoms with van der Waals surface area (Å²) < 4.78 is 4.57. The standard InChI is InChI=1S/C4H8O3.CHNO/c5-3-1-2-7-4(3)6;2-1-3/h3-6H,1-2H2;2H. The Balaban J connectivity index is 0.000000236. The monoisotopic (exact) mass is 147 g/mol. The van der Waals surface area contributed by atoms with Crippen LogP contribution in [0.25, 0.3) is 0 Å². The van der Waals surface area contributed by atoms with Gasteiger partial charge in [-0.05, 0) is 0 Å². The van der Waals surface area contributed by atoms with Crippen LogP contribution in [0.1, 0.15) is 6.42 Å². The molecule has 0 bridgehead atoms. The minimum Gasteiger partial charge on any atom is -0.388 e. The molecule has 0 spiro atoms. The van der Waals surface area contributed by atoms with Gasteiger partial charge in [0, 0.05) is 6.42 Å². The normalized spacial score (nSPS) is 30.2. The van der Waals surface area contributed by atoms with E-state index in [0.717, 1.165) is 6.08 Å². The van der Waals surface area contributed by atoms with Gasteiger partial charge in [-0.3, -0.25) is 0 Å². The molecule has 0 aromatic heterocycles. The first-order chi connectivity index (χ1) is 4.72. The van der Waals surface area contributed by atoms with E-state index in [9.17, 15) is 0 Å². The molecule has 0 amide bonds. The third-order valence-corrected chi connectivity index (χ3v) is 1.03. The topological polar surface area (TPSA) is 90.6 Å². The molecule has 1 aliphatic heterocycles. The van der Waals surface area contributed by atoms with Crippen molar-refractivity contribution in [3.05, 3.63) is 0 Å². The predicted octanol–water partition coefficient (Wildman–Crippen LogP) is -1.01. The quantitative estimate of drug-likeness (QED) is 0.302. The van der Waals surface area contributed by atoms with E-state index in [-0.39, 0.29) is 0 Å². The lowest BCUT2D eigenvalue weighted by molar-refractivity contribution is -0.107. The van der Waals surface area contributed by atoms with Crippen molar-refractivity contribution in [2.45, 2.75) is 18.8 Å². The van der Waals surface area contributed by atoms with E-state index < -0.39 is 12.4 Å². The fraction of sp³-hybridized carbons (Fsp3) is 0.800. The van der Waals surface area contributed by atoms with Gasteiger partial charge in [0.25, 0.3) is 0 Å². The average molecular weight is 147 g/mol. The van der Waals surface area contributed by atoms with Crippen LogP contribution in [0.5, 0.6) is 0 Å². The zero-order chi connectivity index (χ0) is 7.98. The maximum absolute atomic E-state index is 8.62. The Hall–Kier alpha value is -0.740. The number of hydrogen-bond acceptors (Lipinski definition) is 5. The second kappa shape index (κ2) is 5.08. The van der Waals surface area contributed by atoms with Crippen molar-refractivity contribution in [3.63, 3.8) is 0 Å². The first kappa shape index (κ1) is 9.26. The molecule has 10 heavy (non-hydrogen) atoms. The Bertz CT molecular complexity index is 113. The largest absolute Gasteiger partial charge is 0.388 e. The van der Waals surface area contributed by atoms with Gasteiger partial charge in [0.1, 0.15) is 6.10 Å². The van der Waals surface area contributed by atoms with Gasteiger partial charge in [0.2, 0.25) is 6.08 Å². The van der Waals surface area contributed by atoms with Gasteiger partial charge in [-0.1, -0.05) is 0 Å². The first-order valence-corrected chi connectivity index (χ1v) is 2.74. The summed E-state index contributed by atoms with van der Waals surface area (Å²) in [6.45, 7) is 0.475. The fourth-order valence-electron chi connectivity index (χ4n) is 0.563. The van der Waals surface area contributed by atoms with E-state index in [1.807, 2.05) is 0 Å². The highest BCUT2D eigenvalue weighted by Gasteiger charge is 2.22. The smallest absolute Gasteiger partial charge is 0.231 e. The van der Waals surface area contributed by atoms with Crippen molar-refractivity contribution in [1.82, 2.24) is 0 Å². The Labute approximate surface area is 57.7 Å². The molecule has 0 aromatic rings. The van der Waals surface area contributed by atoms with Crippen LogP contribution in [0.2, 0.25) is 0 Å². The lowest BCUT2D eigenvalue weighted by Crippen LogP contribution is -2.18. The number of isocyanates is 1. The molecule has 3 N–H and O–H groups in total. The van der Waals surface area contributed by atoms with Gasteiger partial charge >= 0.3 is 0 Å². The van der Waals surface area contributed by atoms with Crippen LogP contribution in [-0.4, -0.2) is 35.3 Å². The van der Waals surface area contributed by atoms with Crippen LogP contribution in [0.4, 0.5) is 0 Å². The van der Waals surface area contributed by atoms with Crippen molar-refractivity contribution < 1.29 is 19.7 Å². The second-order valence-electron chi connectivity index (χ2n) is 1.72. The number of nitrogens with one attached hydrogen (secondary N) is 1. The number of ether oxygens (including phenoxy) is 1. The minimum atomic E-state index is -0.931. The van der Waals surface area contributed by atoms with Crippen molar-refractivity contribution >= 4 is 6.08 Å². The number of aliphatic hydroxyl groups excluding tert-OH is 2. The molecule has 0 radical (unpaired) electrons. The second-order valence-corrected chi connectivity index (χ2v) is 1.72. The Morgan fingerprint density at radius 3 is 2.20 bits per heavy atom. The molecule has 1 aliphatic rings. The molecule has 2 atom stereocenters. The third kappa shape index (κ3) is 3.32.